The first kappa shape index (κ1) is 12.2. The lowest BCUT2D eigenvalue weighted by atomic mass is 10.3. The van der Waals surface area contributed by atoms with Crippen molar-refractivity contribution in [1.29, 1.82) is 0 Å². The highest BCUT2D eigenvalue weighted by molar-refractivity contribution is 6.30. The third kappa shape index (κ3) is 7.59. The monoisotopic (exact) mass is 202 g/mol. The summed E-state index contributed by atoms with van der Waals surface area (Å²) >= 11 is 5.56. The molecule has 5 N–H and O–H groups in total. The smallest absolute Gasteiger partial charge is 0.0634 e. The Morgan fingerprint density at radius 1 is 1.54 bits per heavy atom. The molecule has 1 aromatic rings. The van der Waals surface area contributed by atoms with Crippen LogP contribution in [0.2, 0.25) is 5.02 Å². The highest BCUT2D eigenvalue weighted by Gasteiger charge is 1.83. The molecule has 1 unspecified atom stereocenters. The number of aliphatic hydroxyl groups is 1. The van der Waals surface area contributed by atoms with Gasteiger partial charge in [0.05, 0.1) is 6.10 Å². The van der Waals surface area contributed by atoms with Gasteiger partial charge in [0, 0.05) is 17.3 Å². The van der Waals surface area contributed by atoms with Gasteiger partial charge in [-0.2, -0.15) is 0 Å². The van der Waals surface area contributed by atoms with Crippen LogP contribution in [0, 0.1) is 0 Å². The van der Waals surface area contributed by atoms with Crippen LogP contribution in [0.3, 0.4) is 0 Å². The van der Waals surface area contributed by atoms with E-state index in [1.807, 2.05) is 6.07 Å². The summed E-state index contributed by atoms with van der Waals surface area (Å²) in [5.41, 5.74) is 11.0. The lowest BCUT2D eigenvalue weighted by Crippen LogP contribution is -2.14. The second kappa shape index (κ2) is 6.71. The van der Waals surface area contributed by atoms with Crippen molar-refractivity contribution >= 4 is 17.3 Å². The number of hydrogen-bond donors (Lipinski definition) is 3. The summed E-state index contributed by atoms with van der Waals surface area (Å²) in [6.45, 7) is 2.01. The second-order valence-electron chi connectivity index (χ2n) is 2.64. The van der Waals surface area contributed by atoms with E-state index in [2.05, 4.69) is 0 Å². The SMILES string of the molecule is CC(O)CN.Nc1cccc(Cl)c1. The molecule has 0 fully saturated rings. The Hall–Kier alpha value is -0.770. The maximum Gasteiger partial charge on any atom is 0.0634 e. The van der Waals surface area contributed by atoms with Crippen LogP contribution in [-0.2, 0) is 0 Å². The molecule has 0 radical (unpaired) electrons. The molecule has 0 aromatic heterocycles. The van der Waals surface area contributed by atoms with E-state index in [-0.39, 0.29) is 6.10 Å². The topological polar surface area (TPSA) is 72.3 Å². The van der Waals surface area contributed by atoms with Crippen LogP contribution in [0.5, 0.6) is 0 Å². The van der Waals surface area contributed by atoms with Crippen molar-refractivity contribution in [3.05, 3.63) is 29.3 Å². The Morgan fingerprint density at radius 2 is 2.08 bits per heavy atom. The fourth-order valence-corrected chi connectivity index (χ4v) is 0.705. The Bertz CT molecular complexity index is 224. The summed E-state index contributed by atoms with van der Waals surface area (Å²) in [4.78, 5) is 0. The van der Waals surface area contributed by atoms with Crippen molar-refractivity contribution in [2.45, 2.75) is 13.0 Å². The predicted molar refractivity (Wildman–Crippen MR) is 56.6 cm³/mol. The van der Waals surface area contributed by atoms with Gasteiger partial charge in [0.25, 0.3) is 0 Å². The maximum absolute atomic E-state index is 8.24. The minimum Gasteiger partial charge on any atom is -0.399 e. The molecular weight excluding hydrogens is 188 g/mol. The van der Waals surface area contributed by atoms with Crippen LogP contribution < -0.4 is 11.5 Å². The van der Waals surface area contributed by atoms with E-state index < -0.39 is 0 Å². The summed E-state index contributed by atoms with van der Waals surface area (Å²) in [6, 6.07) is 7.11. The predicted octanol–water partition coefficient (Wildman–Crippen LogP) is 1.25. The fourth-order valence-electron chi connectivity index (χ4n) is 0.507. The standard InChI is InChI=1S/C6H6ClN.C3H9NO/c7-5-2-1-3-6(8)4-5;1-3(5)2-4/h1-4H,8H2;3,5H,2,4H2,1H3. The number of rotatable bonds is 1. The van der Waals surface area contributed by atoms with E-state index >= 15 is 0 Å². The van der Waals surface area contributed by atoms with E-state index in [4.69, 9.17) is 28.2 Å². The van der Waals surface area contributed by atoms with Gasteiger partial charge in [0.2, 0.25) is 0 Å². The Balaban J connectivity index is 0.000000252. The summed E-state index contributed by atoms with van der Waals surface area (Å²) in [7, 11) is 0. The van der Waals surface area contributed by atoms with Crippen LogP contribution >= 0.6 is 11.6 Å². The van der Waals surface area contributed by atoms with Gasteiger partial charge in [-0.15, -0.1) is 0 Å². The van der Waals surface area contributed by atoms with Gasteiger partial charge >= 0.3 is 0 Å². The molecule has 1 rings (SSSR count). The first-order valence-electron chi connectivity index (χ1n) is 3.95. The molecular formula is C9H15ClN2O. The number of benzene rings is 1. The minimum atomic E-state index is -0.338. The van der Waals surface area contributed by atoms with Gasteiger partial charge in [-0.3, -0.25) is 0 Å². The molecule has 0 aliphatic carbocycles. The summed E-state index contributed by atoms with van der Waals surface area (Å²) in [5.74, 6) is 0. The number of nitrogens with two attached hydrogens (primary N) is 2. The van der Waals surface area contributed by atoms with E-state index in [0.29, 0.717) is 17.3 Å². The van der Waals surface area contributed by atoms with Gasteiger partial charge in [-0.1, -0.05) is 17.7 Å². The lowest BCUT2D eigenvalue weighted by Gasteiger charge is -1.91. The molecule has 0 bridgehead atoms. The van der Waals surface area contributed by atoms with E-state index in [9.17, 15) is 0 Å². The Kier molecular flexibility index (Phi) is 6.32. The molecule has 0 saturated carbocycles. The van der Waals surface area contributed by atoms with Crippen molar-refractivity contribution in [2.24, 2.45) is 5.73 Å². The number of aliphatic hydroxyl groups excluding tert-OH is 1. The summed E-state index contributed by atoms with van der Waals surface area (Å²) in [5, 5.41) is 8.92. The zero-order valence-corrected chi connectivity index (χ0v) is 8.33. The van der Waals surface area contributed by atoms with Crippen LogP contribution in [0.1, 0.15) is 6.92 Å². The quantitative estimate of drug-likeness (QED) is 0.601. The molecule has 3 nitrogen and oxygen atoms in total. The van der Waals surface area contributed by atoms with Crippen molar-refractivity contribution in [3.63, 3.8) is 0 Å². The molecule has 0 saturated heterocycles. The van der Waals surface area contributed by atoms with E-state index in [1.54, 1.807) is 25.1 Å². The van der Waals surface area contributed by atoms with Crippen LogP contribution in [-0.4, -0.2) is 17.8 Å². The van der Waals surface area contributed by atoms with Crippen molar-refractivity contribution in [2.75, 3.05) is 12.3 Å². The third-order valence-electron chi connectivity index (χ3n) is 1.19. The molecule has 0 aliphatic heterocycles. The van der Waals surface area contributed by atoms with Gasteiger partial charge in [-0.25, -0.2) is 0 Å². The second-order valence-corrected chi connectivity index (χ2v) is 3.08. The van der Waals surface area contributed by atoms with Crippen molar-refractivity contribution < 1.29 is 5.11 Å². The molecule has 13 heavy (non-hydrogen) atoms. The molecule has 1 aromatic carbocycles. The molecule has 0 aliphatic rings. The molecule has 0 amide bonds. The van der Waals surface area contributed by atoms with Crippen LogP contribution in [0.15, 0.2) is 24.3 Å². The summed E-state index contributed by atoms with van der Waals surface area (Å²) in [6.07, 6.45) is -0.338. The van der Waals surface area contributed by atoms with Crippen LogP contribution in [0.25, 0.3) is 0 Å². The lowest BCUT2D eigenvalue weighted by molar-refractivity contribution is 0.203. The maximum atomic E-state index is 8.24. The number of halogens is 1. The van der Waals surface area contributed by atoms with Gasteiger partial charge < -0.3 is 16.6 Å². The molecule has 1 atom stereocenters. The highest BCUT2D eigenvalue weighted by Crippen LogP contribution is 2.10. The first-order valence-corrected chi connectivity index (χ1v) is 4.33. The third-order valence-corrected chi connectivity index (χ3v) is 1.42. The number of anilines is 1. The van der Waals surface area contributed by atoms with Crippen molar-refractivity contribution in [3.8, 4) is 0 Å². The molecule has 0 spiro atoms. The Morgan fingerprint density at radius 3 is 2.31 bits per heavy atom. The highest BCUT2D eigenvalue weighted by atomic mass is 35.5. The van der Waals surface area contributed by atoms with Crippen LogP contribution in [0.4, 0.5) is 5.69 Å². The summed E-state index contributed by atoms with van der Waals surface area (Å²) < 4.78 is 0. The fraction of sp³-hybridized carbons (Fsp3) is 0.333. The molecule has 0 heterocycles. The largest absolute Gasteiger partial charge is 0.399 e. The zero-order chi connectivity index (χ0) is 10.3. The first-order chi connectivity index (χ1) is 6.06. The molecule has 74 valence electrons. The van der Waals surface area contributed by atoms with E-state index in [1.165, 1.54) is 0 Å². The normalized spacial score (nSPS) is 11.4. The minimum absolute atomic E-state index is 0.338. The van der Waals surface area contributed by atoms with Gasteiger partial charge in [0.15, 0.2) is 0 Å². The average Bonchev–Trinajstić information content (AvgIpc) is 2.05. The average molecular weight is 203 g/mol. The molecule has 4 heteroatoms. The van der Waals surface area contributed by atoms with E-state index in [0.717, 1.165) is 0 Å². The van der Waals surface area contributed by atoms with Gasteiger partial charge in [-0.05, 0) is 25.1 Å². The Labute approximate surface area is 83.3 Å². The van der Waals surface area contributed by atoms with Crippen molar-refractivity contribution in [1.82, 2.24) is 0 Å². The van der Waals surface area contributed by atoms with Gasteiger partial charge in [0.1, 0.15) is 0 Å². The number of hydrogen-bond acceptors (Lipinski definition) is 3. The number of nitrogen functional groups attached to an aromatic ring is 1. The zero-order valence-electron chi connectivity index (χ0n) is 7.57.